The van der Waals surface area contributed by atoms with Gasteiger partial charge in [-0.25, -0.2) is 0 Å². The first-order chi connectivity index (χ1) is 7.61. The van der Waals surface area contributed by atoms with Gasteiger partial charge in [-0.2, -0.15) is 0 Å². The standard InChI is InChI=1S/C13H22N2O/c1-15(2)10-12(14)7-4-11-5-8-13(16-3)9-6-11/h5-6,8-9,12H,4,7,10,14H2,1-3H3. The van der Waals surface area contributed by atoms with E-state index in [9.17, 15) is 0 Å². The van der Waals surface area contributed by atoms with E-state index in [1.807, 2.05) is 26.2 Å². The fourth-order valence-corrected chi connectivity index (χ4v) is 1.70. The Morgan fingerprint density at radius 2 is 1.88 bits per heavy atom. The molecule has 3 nitrogen and oxygen atoms in total. The zero-order valence-corrected chi connectivity index (χ0v) is 10.4. The first-order valence-electron chi connectivity index (χ1n) is 5.65. The number of ether oxygens (including phenoxy) is 1. The molecule has 1 atom stereocenters. The summed E-state index contributed by atoms with van der Waals surface area (Å²) in [6.45, 7) is 0.941. The first kappa shape index (κ1) is 13.0. The van der Waals surface area contributed by atoms with Crippen LogP contribution in [0, 0.1) is 0 Å². The van der Waals surface area contributed by atoms with E-state index in [0.29, 0.717) is 0 Å². The smallest absolute Gasteiger partial charge is 0.118 e. The minimum atomic E-state index is 0.247. The number of hydrogen-bond donors (Lipinski definition) is 1. The largest absolute Gasteiger partial charge is 0.497 e. The van der Waals surface area contributed by atoms with Gasteiger partial charge in [-0.05, 0) is 44.6 Å². The van der Waals surface area contributed by atoms with E-state index in [0.717, 1.165) is 25.1 Å². The van der Waals surface area contributed by atoms with Crippen LogP contribution in [0.1, 0.15) is 12.0 Å². The molecule has 0 saturated carbocycles. The molecule has 0 aliphatic heterocycles. The van der Waals surface area contributed by atoms with Gasteiger partial charge in [-0.15, -0.1) is 0 Å². The Hall–Kier alpha value is -1.06. The molecule has 16 heavy (non-hydrogen) atoms. The fraction of sp³-hybridized carbons (Fsp3) is 0.538. The van der Waals surface area contributed by atoms with Crippen molar-refractivity contribution in [3.63, 3.8) is 0 Å². The first-order valence-corrected chi connectivity index (χ1v) is 5.65. The topological polar surface area (TPSA) is 38.5 Å². The van der Waals surface area contributed by atoms with E-state index < -0.39 is 0 Å². The van der Waals surface area contributed by atoms with Crippen LogP contribution in [0.4, 0.5) is 0 Å². The van der Waals surface area contributed by atoms with Crippen molar-refractivity contribution >= 4 is 0 Å². The van der Waals surface area contributed by atoms with Gasteiger partial charge < -0.3 is 15.4 Å². The number of benzene rings is 1. The third-order valence-electron chi connectivity index (χ3n) is 2.56. The van der Waals surface area contributed by atoms with Crippen LogP contribution in [-0.4, -0.2) is 38.7 Å². The molecule has 0 radical (unpaired) electrons. The molecule has 3 heteroatoms. The molecule has 0 aliphatic carbocycles. The number of nitrogens with zero attached hydrogens (tertiary/aromatic N) is 1. The summed E-state index contributed by atoms with van der Waals surface area (Å²) in [6, 6.07) is 8.43. The van der Waals surface area contributed by atoms with Gasteiger partial charge in [0.2, 0.25) is 0 Å². The monoisotopic (exact) mass is 222 g/mol. The van der Waals surface area contributed by atoms with Crippen molar-refractivity contribution in [2.75, 3.05) is 27.7 Å². The fourth-order valence-electron chi connectivity index (χ4n) is 1.70. The zero-order chi connectivity index (χ0) is 12.0. The maximum absolute atomic E-state index is 6.01. The number of hydrogen-bond acceptors (Lipinski definition) is 3. The lowest BCUT2D eigenvalue weighted by molar-refractivity contribution is 0.363. The number of methoxy groups -OCH3 is 1. The van der Waals surface area contributed by atoms with Crippen molar-refractivity contribution in [1.82, 2.24) is 4.90 Å². The minimum absolute atomic E-state index is 0.247. The molecule has 90 valence electrons. The van der Waals surface area contributed by atoms with Crippen LogP contribution in [0.25, 0.3) is 0 Å². The van der Waals surface area contributed by atoms with Crippen LogP contribution in [0.3, 0.4) is 0 Å². The summed E-state index contributed by atoms with van der Waals surface area (Å²) in [7, 11) is 5.78. The van der Waals surface area contributed by atoms with Crippen molar-refractivity contribution in [1.29, 1.82) is 0 Å². The van der Waals surface area contributed by atoms with Crippen LogP contribution in [-0.2, 0) is 6.42 Å². The average Bonchev–Trinajstić information content (AvgIpc) is 2.26. The van der Waals surface area contributed by atoms with Gasteiger partial charge in [0.1, 0.15) is 5.75 Å². The molecular weight excluding hydrogens is 200 g/mol. The molecule has 2 N–H and O–H groups in total. The van der Waals surface area contributed by atoms with Gasteiger partial charge in [0.25, 0.3) is 0 Å². The van der Waals surface area contributed by atoms with Gasteiger partial charge in [0.05, 0.1) is 7.11 Å². The summed E-state index contributed by atoms with van der Waals surface area (Å²) in [5.41, 5.74) is 7.33. The van der Waals surface area contributed by atoms with Gasteiger partial charge >= 0.3 is 0 Å². The van der Waals surface area contributed by atoms with Crippen molar-refractivity contribution in [3.05, 3.63) is 29.8 Å². The number of likely N-dealkylation sites (N-methyl/N-ethyl adjacent to an activating group) is 1. The third-order valence-corrected chi connectivity index (χ3v) is 2.56. The van der Waals surface area contributed by atoms with Crippen LogP contribution in [0.2, 0.25) is 0 Å². The molecule has 1 aromatic carbocycles. The molecule has 0 fully saturated rings. The Labute approximate surface area is 98.2 Å². The highest BCUT2D eigenvalue weighted by molar-refractivity contribution is 5.27. The van der Waals surface area contributed by atoms with Crippen molar-refractivity contribution in [3.8, 4) is 5.75 Å². The lowest BCUT2D eigenvalue weighted by Gasteiger charge is -2.16. The van der Waals surface area contributed by atoms with Crippen LogP contribution >= 0.6 is 0 Å². The second-order valence-corrected chi connectivity index (χ2v) is 4.41. The van der Waals surface area contributed by atoms with Crippen molar-refractivity contribution in [2.24, 2.45) is 5.73 Å². The van der Waals surface area contributed by atoms with E-state index in [4.69, 9.17) is 10.5 Å². The van der Waals surface area contributed by atoms with Crippen LogP contribution in [0.15, 0.2) is 24.3 Å². The quantitative estimate of drug-likeness (QED) is 0.793. The lowest BCUT2D eigenvalue weighted by Crippen LogP contribution is -2.33. The maximum atomic E-state index is 6.01. The predicted octanol–water partition coefficient (Wildman–Crippen LogP) is 1.52. The summed E-state index contributed by atoms with van der Waals surface area (Å²) in [4.78, 5) is 2.12. The third kappa shape index (κ3) is 4.64. The van der Waals surface area contributed by atoms with Gasteiger partial charge in [-0.1, -0.05) is 12.1 Å². The van der Waals surface area contributed by atoms with Crippen molar-refractivity contribution in [2.45, 2.75) is 18.9 Å². The Kier molecular flexibility index (Phi) is 5.29. The highest BCUT2D eigenvalue weighted by Crippen LogP contribution is 2.12. The SMILES string of the molecule is COc1ccc(CCC(N)CN(C)C)cc1. The normalized spacial score (nSPS) is 12.8. The lowest BCUT2D eigenvalue weighted by atomic mass is 10.1. The van der Waals surface area contributed by atoms with Crippen LogP contribution in [0.5, 0.6) is 5.75 Å². The van der Waals surface area contributed by atoms with E-state index in [1.54, 1.807) is 7.11 Å². The molecule has 1 unspecified atom stereocenters. The van der Waals surface area contributed by atoms with E-state index >= 15 is 0 Å². The van der Waals surface area contributed by atoms with E-state index in [-0.39, 0.29) is 6.04 Å². The number of nitrogens with two attached hydrogens (primary N) is 1. The second-order valence-electron chi connectivity index (χ2n) is 4.41. The van der Waals surface area contributed by atoms with E-state index in [1.165, 1.54) is 5.56 Å². The highest BCUT2D eigenvalue weighted by atomic mass is 16.5. The Bertz CT molecular complexity index is 295. The van der Waals surface area contributed by atoms with Gasteiger partial charge in [-0.3, -0.25) is 0 Å². The molecule has 0 bridgehead atoms. The summed E-state index contributed by atoms with van der Waals surface area (Å²) >= 11 is 0. The molecule has 0 saturated heterocycles. The molecule has 0 spiro atoms. The van der Waals surface area contributed by atoms with E-state index in [2.05, 4.69) is 17.0 Å². The molecule has 0 aliphatic rings. The Morgan fingerprint density at radius 1 is 1.25 bits per heavy atom. The predicted molar refractivity (Wildman–Crippen MR) is 67.8 cm³/mol. The van der Waals surface area contributed by atoms with Crippen LogP contribution < -0.4 is 10.5 Å². The Morgan fingerprint density at radius 3 is 2.38 bits per heavy atom. The molecule has 0 amide bonds. The average molecular weight is 222 g/mol. The summed E-state index contributed by atoms with van der Waals surface area (Å²) in [5.74, 6) is 0.904. The van der Waals surface area contributed by atoms with Gasteiger partial charge in [0.15, 0.2) is 0 Å². The number of aryl methyl sites for hydroxylation is 1. The number of rotatable bonds is 6. The van der Waals surface area contributed by atoms with Crippen molar-refractivity contribution < 1.29 is 4.74 Å². The second kappa shape index (κ2) is 6.51. The summed E-state index contributed by atoms with van der Waals surface area (Å²) < 4.78 is 5.12. The minimum Gasteiger partial charge on any atom is -0.497 e. The summed E-state index contributed by atoms with van der Waals surface area (Å²) in [5, 5.41) is 0. The Balaban J connectivity index is 2.36. The zero-order valence-electron chi connectivity index (χ0n) is 10.4. The summed E-state index contributed by atoms with van der Waals surface area (Å²) in [6.07, 6.45) is 2.05. The molecule has 0 aromatic heterocycles. The van der Waals surface area contributed by atoms with Gasteiger partial charge in [0, 0.05) is 12.6 Å². The molecule has 1 aromatic rings. The highest BCUT2D eigenvalue weighted by Gasteiger charge is 2.04. The maximum Gasteiger partial charge on any atom is 0.118 e. The molecule has 1 rings (SSSR count). The molecule has 0 heterocycles. The molecular formula is C13H22N2O.